The highest BCUT2D eigenvalue weighted by Gasteiger charge is 2.31. The van der Waals surface area contributed by atoms with E-state index in [9.17, 15) is 4.79 Å². The van der Waals surface area contributed by atoms with Crippen LogP contribution in [-0.4, -0.2) is 49.0 Å². The summed E-state index contributed by atoms with van der Waals surface area (Å²) < 4.78 is 5.74. The van der Waals surface area contributed by atoms with E-state index in [-0.39, 0.29) is 12.0 Å². The number of aliphatic imine (C=N–C) groups is 1. The van der Waals surface area contributed by atoms with Gasteiger partial charge in [-0.05, 0) is 43.7 Å². The summed E-state index contributed by atoms with van der Waals surface area (Å²) in [6, 6.07) is 8.61. The zero-order valence-corrected chi connectivity index (χ0v) is 19.4. The van der Waals surface area contributed by atoms with Gasteiger partial charge in [0, 0.05) is 38.2 Å². The number of benzene rings is 1. The van der Waals surface area contributed by atoms with Crippen molar-refractivity contribution in [2.75, 3.05) is 26.2 Å². The molecular weight excluding hydrogens is 388 g/mol. The van der Waals surface area contributed by atoms with Crippen molar-refractivity contribution in [2.45, 2.75) is 78.0 Å². The molecule has 6 heteroatoms. The van der Waals surface area contributed by atoms with Crippen molar-refractivity contribution in [3.8, 4) is 0 Å². The first-order valence-corrected chi connectivity index (χ1v) is 12.2. The van der Waals surface area contributed by atoms with Crippen molar-refractivity contribution in [3.05, 3.63) is 35.4 Å². The van der Waals surface area contributed by atoms with Crippen LogP contribution in [0.4, 0.5) is 0 Å². The summed E-state index contributed by atoms with van der Waals surface area (Å²) in [6.07, 6.45) is 7.82. The smallest absolute Gasteiger partial charge is 0.225 e. The Kier molecular flexibility index (Phi) is 9.66. The van der Waals surface area contributed by atoms with Crippen LogP contribution in [0.2, 0.25) is 0 Å². The lowest BCUT2D eigenvalue weighted by Crippen LogP contribution is -2.45. The molecule has 1 heterocycles. The lowest BCUT2D eigenvalue weighted by Gasteiger charge is -2.26. The Bertz CT molecular complexity index is 715. The number of rotatable bonds is 9. The second-order valence-electron chi connectivity index (χ2n) is 8.77. The normalized spacial score (nSPS) is 20.1. The summed E-state index contributed by atoms with van der Waals surface area (Å²) in [5, 5.41) is 6.92. The van der Waals surface area contributed by atoms with Gasteiger partial charge in [0.25, 0.3) is 0 Å². The quantitative estimate of drug-likeness (QED) is 0.356. The number of nitrogens with zero attached hydrogens (tertiary/aromatic N) is 2. The highest BCUT2D eigenvalue weighted by molar-refractivity contribution is 5.81. The Morgan fingerprint density at radius 2 is 1.90 bits per heavy atom. The molecule has 3 rings (SSSR count). The van der Waals surface area contributed by atoms with E-state index in [2.05, 4.69) is 53.6 Å². The van der Waals surface area contributed by atoms with Gasteiger partial charge in [0.05, 0.1) is 13.2 Å². The Hall–Kier alpha value is -2.08. The van der Waals surface area contributed by atoms with Crippen LogP contribution in [0.15, 0.2) is 29.3 Å². The number of ether oxygens (including phenoxy) is 1. The second kappa shape index (κ2) is 12.7. The summed E-state index contributed by atoms with van der Waals surface area (Å²) >= 11 is 0. The Morgan fingerprint density at radius 1 is 1.13 bits per heavy atom. The Morgan fingerprint density at radius 3 is 2.65 bits per heavy atom. The average molecular weight is 429 g/mol. The van der Waals surface area contributed by atoms with Crippen molar-refractivity contribution in [1.29, 1.82) is 0 Å². The van der Waals surface area contributed by atoms with Gasteiger partial charge in [0.1, 0.15) is 0 Å². The topological polar surface area (TPSA) is 66.0 Å². The first-order valence-electron chi connectivity index (χ1n) is 12.2. The zero-order valence-electron chi connectivity index (χ0n) is 19.4. The minimum atomic E-state index is 0.251. The predicted molar refractivity (Wildman–Crippen MR) is 126 cm³/mol. The zero-order chi connectivity index (χ0) is 21.9. The first-order chi connectivity index (χ1) is 15.2. The lowest BCUT2D eigenvalue weighted by atomic mass is 9.88. The molecule has 1 saturated heterocycles. The van der Waals surface area contributed by atoms with Crippen LogP contribution in [0.25, 0.3) is 0 Å². The van der Waals surface area contributed by atoms with E-state index in [0.29, 0.717) is 19.1 Å². The van der Waals surface area contributed by atoms with Crippen LogP contribution in [-0.2, 0) is 22.7 Å². The maximum absolute atomic E-state index is 12.9. The van der Waals surface area contributed by atoms with Crippen molar-refractivity contribution in [1.82, 2.24) is 15.5 Å². The third-order valence-corrected chi connectivity index (χ3v) is 6.27. The number of carbonyl (C=O) groups excluding carboxylic acids is 1. The van der Waals surface area contributed by atoms with Gasteiger partial charge in [-0.15, -0.1) is 0 Å². The van der Waals surface area contributed by atoms with Crippen LogP contribution in [0.1, 0.15) is 69.9 Å². The molecule has 1 atom stereocenters. The van der Waals surface area contributed by atoms with Gasteiger partial charge in [-0.2, -0.15) is 0 Å². The molecule has 1 saturated carbocycles. The van der Waals surface area contributed by atoms with Gasteiger partial charge in [0.2, 0.25) is 5.91 Å². The molecule has 1 aromatic rings. The van der Waals surface area contributed by atoms with Gasteiger partial charge >= 0.3 is 0 Å². The van der Waals surface area contributed by atoms with Crippen LogP contribution >= 0.6 is 0 Å². The maximum Gasteiger partial charge on any atom is 0.225 e. The minimum Gasteiger partial charge on any atom is -0.377 e. The molecule has 1 aromatic carbocycles. The highest BCUT2D eigenvalue weighted by atomic mass is 16.5. The molecule has 2 fully saturated rings. The molecule has 31 heavy (non-hydrogen) atoms. The molecule has 0 aromatic heterocycles. The standard InChI is InChI=1S/C25H40N4O2/c1-3-16-31-19-22-13-9-8-12-21(22)17-27-25(26-4-2)28-23-14-15-29(18-23)24(30)20-10-6-5-7-11-20/h8-9,12-13,20,23H,3-7,10-11,14-19H2,1-2H3,(H2,26,27,28). The molecule has 1 aliphatic carbocycles. The van der Waals surface area contributed by atoms with E-state index < -0.39 is 0 Å². The number of guanidine groups is 1. The van der Waals surface area contributed by atoms with Crippen molar-refractivity contribution >= 4 is 11.9 Å². The van der Waals surface area contributed by atoms with Crippen LogP contribution in [0, 0.1) is 5.92 Å². The number of likely N-dealkylation sites (tertiary alicyclic amines) is 1. The highest BCUT2D eigenvalue weighted by Crippen LogP contribution is 2.26. The number of carbonyl (C=O) groups is 1. The van der Waals surface area contributed by atoms with E-state index in [1.54, 1.807) is 0 Å². The van der Waals surface area contributed by atoms with Crippen molar-refractivity contribution in [2.24, 2.45) is 10.9 Å². The summed E-state index contributed by atoms with van der Waals surface area (Å²) in [4.78, 5) is 19.8. The second-order valence-corrected chi connectivity index (χ2v) is 8.77. The average Bonchev–Trinajstić information content (AvgIpc) is 3.27. The van der Waals surface area contributed by atoms with Gasteiger partial charge in [-0.25, -0.2) is 4.99 Å². The fourth-order valence-electron chi connectivity index (χ4n) is 4.54. The minimum absolute atomic E-state index is 0.251. The summed E-state index contributed by atoms with van der Waals surface area (Å²) in [5.74, 6) is 1.44. The number of hydrogen-bond donors (Lipinski definition) is 2. The fourth-order valence-corrected chi connectivity index (χ4v) is 4.54. The largest absolute Gasteiger partial charge is 0.377 e. The monoisotopic (exact) mass is 428 g/mol. The summed E-state index contributed by atoms with van der Waals surface area (Å²) in [7, 11) is 0. The fraction of sp³-hybridized carbons (Fsp3) is 0.680. The summed E-state index contributed by atoms with van der Waals surface area (Å²) in [6.45, 7) is 8.66. The van der Waals surface area contributed by atoms with E-state index in [1.165, 1.54) is 30.4 Å². The van der Waals surface area contributed by atoms with Crippen LogP contribution in [0.5, 0.6) is 0 Å². The molecule has 0 bridgehead atoms. The van der Waals surface area contributed by atoms with E-state index in [4.69, 9.17) is 9.73 Å². The predicted octanol–water partition coefficient (Wildman–Crippen LogP) is 3.85. The number of nitrogens with one attached hydrogen (secondary N) is 2. The van der Waals surface area contributed by atoms with Gasteiger partial charge in [-0.3, -0.25) is 4.79 Å². The van der Waals surface area contributed by atoms with E-state index >= 15 is 0 Å². The first kappa shape index (κ1) is 23.6. The molecule has 0 spiro atoms. The van der Waals surface area contributed by atoms with Crippen molar-refractivity contribution in [3.63, 3.8) is 0 Å². The molecule has 2 aliphatic rings. The molecule has 1 aliphatic heterocycles. The van der Waals surface area contributed by atoms with Crippen molar-refractivity contribution < 1.29 is 9.53 Å². The molecule has 172 valence electrons. The molecule has 6 nitrogen and oxygen atoms in total. The Labute approximate surface area is 187 Å². The van der Waals surface area contributed by atoms with E-state index in [1.807, 2.05) is 0 Å². The van der Waals surface area contributed by atoms with Gasteiger partial charge in [0.15, 0.2) is 5.96 Å². The summed E-state index contributed by atoms with van der Waals surface area (Å²) in [5.41, 5.74) is 2.39. The maximum atomic E-state index is 12.9. The molecular formula is C25H40N4O2. The third kappa shape index (κ3) is 7.23. The number of amides is 1. The van der Waals surface area contributed by atoms with E-state index in [0.717, 1.165) is 57.9 Å². The molecule has 1 amide bonds. The SMILES string of the molecule is CCCOCc1ccccc1CN=C(NCC)NC1CCN(C(=O)C2CCCCC2)C1. The van der Waals surface area contributed by atoms with Crippen LogP contribution in [0.3, 0.4) is 0 Å². The van der Waals surface area contributed by atoms with Gasteiger partial charge in [-0.1, -0.05) is 50.5 Å². The molecule has 0 radical (unpaired) electrons. The van der Waals surface area contributed by atoms with Crippen LogP contribution < -0.4 is 10.6 Å². The third-order valence-electron chi connectivity index (χ3n) is 6.27. The molecule has 2 N–H and O–H groups in total. The molecule has 1 unspecified atom stereocenters. The Balaban J connectivity index is 1.55. The van der Waals surface area contributed by atoms with Gasteiger partial charge < -0.3 is 20.3 Å². The lowest BCUT2D eigenvalue weighted by molar-refractivity contribution is -0.135. The number of hydrogen-bond acceptors (Lipinski definition) is 3.